The topological polar surface area (TPSA) is 55.2 Å². The molecular formula is C14H17F3N2O2. The molecule has 1 saturated carbocycles. The number of hydrogen-bond acceptors (Lipinski definition) is 3. The van der Waals surface area contributed by atoms with Crippen molar-refractivity contribution in [1.29, 1.82) is 0 Å². The van der Waals surface area contributed by atoms with E-state index < -0.39 is 22.4 Å². The molecule has 1 fully saturated rings. The Bertz CT molecular complexity index is 531. The number of nitrogens with one attached hydrogen (secondary N) is 1. The Hall–Kier alpha value is -1.79. The molecule has 21 heavy (non-hydrogen) atoms. The van der Waals surface area contributed by atoms with Gasteiger partial charge in [-0.3, -0.25) is 10.1 Å². The summed E-state index contributed by atoms with van der Waals surface area (Å²) in [7, 11) is 0. The average molecular weight is 302 g/mol. The molecule has 0 aromatic heterocycles. The van der Waals surface area contributed by atoms with Crippen LogP contribution in [0.25, 0.3) is 0 Å². The van der Waals surface area contributed by atoms with Crippen molar-refractivity contribution in [2.24, 2.45) is 5.92 Å². The first-order valence-electron chi connectivity index (χ1n) is 6.89. The Balaban J connectivity index is 2.27. The smallest absolute Gasteiger partial charge is 0.382 e. The zero-order valence-corrected chi connectivity index (χ0v) is 11.6. The Morgan fingerprint density at radius 2 is 2.05 bits per heavy atom. The molecule has 1 aliphatic rings. The Morgan fingerprint density at radius 3 is 2.62 bits per heavy atom. The first-order valence-corrected chi connectivity index (χ1v) is 6.89. The van der Waals surface area contributed by atoms with Gasteiger partial charge in [-0.15, -0.1) is 0 Å². The minimum Gasteiger partial charge on any atom is -0.382 e. The van der Waals surface area contributed by atoms with E-state index in [1.54, 1.807) is 0 Å². The summed E-state index contributed by atoms with van der Waals surface area (Å²) in [6.07, 6.45) is -0.917. The van der Waals surface area contributed by atoms with Crippen molar-refractivity contribution in [1.82, 2.24) is 0 Å². The van der Waals surface area contributed by atoms with Crippen LogP contribution in [0, 0.1) is 16.0 Å². The molecule has 1 aromatic rings. The number of benzene rings is 1. The van der Waals surface area contributed by atoms with Gasteiger partial charge in [0, 0.05) is 23.9 Å². The van der Waals surface area contributed by atoms with E-state index in [2.05, 4.69) is 12.2 Å². The second-order valence-electron chi connectivity index (χ2n) is 5.60. The molecule has 7 heteroatoms. The summed E-state index contributed by atoms with van der Waals surface area (Å²) in [5.74, 6) is 0.476. The summed E-state index contributed by atoms with van der Waals surface area (Å²) in [6, 6.07) is 2.83. The molecule has 2 unspecified atom stereocenters. The summed E-state index contributed by atoms with van der Waals surface area (Å²) in [5.41, 5.74) is -1.60. The monoisotopic (exact) mass is 302 g/mol. The molecule has 1 aliphatic carbocycles. The highest BCUT2D eigenvalue weighted by atomic mass is 19.4. The third kappa shape index (κ3) is 3.86. The fourth-order valence-corrected chi connectivity index (χ4v) is 2.79. The summed E-state index contributed by atoms with van der Waals surface area (Å²) in [5, 5.41) is 13.6. The maximum Gasteiger partial charge on any atom is 0.418 e. The SMILES string of the molecule is CC1CCCC(Nc2ccc([N+](=O)[O-])cc2C(F)(F)F)C1. The second kappa shape index (κ2) is 5.91. The molecular weight excluding hydrogens is 285 g/mol. The van der Waals surface area contributed by atoms with Gasteiger partial charge < -0.3 is 5.32 Å². The van der Waals surface area contributed by atoms with Gasteiger partial charge in [-0.25, -0.2) is 0 Å². The van der Waals surface area contributed by atoms with Crippen LogP contribution in [0.15, 0.2) is 18.2 Å². The number of halogens is 3. The molecule has 0 bridgehead atoms. The quantitative estimate of drug-likeness (QED) is 0.655. The van der Waals surface area contributed by atoms with E-state index in [4.69, 9.17) is 0 Å². The maximum atomic E-state index is 13.1. The van der Waals surface area contributed by atoms with Crippen LogP contribution in [0.2, 0.25) is 0 Å². The minimum atomic E-state index is -4.62. The van der Waals surface area contributed by atoms with E-state index in [1.807, 2.05) is 0 Å². The molecule has 2 atom stereocenters. The van der Waals surface area contributed by atoms with Gasteiger partial charge in [0.1, 0.15) is 0 Å². The first kappa shape index (κ1) is 15.6. The van der Waals surface area contributed by atoms with E-state index in [9.17, 15) is 23.3 Å². The van der Waals surface area contributed by atoms with Crippen molar-refractivity contribution in [2.45, 2.75) is 44.8 Å². The zero-order valence-electron chi connectivity index (χ0n) is 11.6. The number of alkyl halides is 3. The van der Waals surface area contributed by atoms with Crippen LogP contribution in [-0.2, 0) is 6.18 Å². The number of non-ortho nitro benzene ring substituents is 1. The van der Waals surface area contributed by atoms with E-state index in [0.717, 1.165) is 37.8 Å². The average Bonchev–Trinajstić information content (AvgIpc) is 2.37. The Morgan fingerprint density at radius 1 is 1.33 bits per heavy atom. The van der Waals surface area contributed by atoms with Crippen molar-refractivity contribution >= 4 is 11.4 Å². The number of nitro benzene ring substituents is 1. The van der Waals surface area contributed by atoms with Gasteiger partial charge >= 0.3 is 6.18 Å². The minimum absolute atomic E-state index is 0.0173. The number of nitro groups is 1. The van der Waals surface area contributed by atoms with Crippen LogP contribution < -0.4 is 5.32 Å². The Kier molecular flexibility index (Phi) is 4.39. The lowest BCUT2D eigenvalue weighted by molar-refractivity contribution is -0.385. The Labute approximate surface area is 120 Å². The molecule has 0 saturated heterocycles. The molecule has 0 aliphatic heterocycles. The van der Waals surface area contributed by atoms with Gasteiger partial charge in [-0.1, -0.05) is 19.8 Å². The number of hydrogen-bond donors (Lipinski definition) is 1. The van der Waals surface area contributed by atoms with Crippen molar-refractivity contribution in [3.8, 4) is 0 Å². The summed E-state index contributed by atoms with van der Waals surface area (Å²) >= 11 is 0. The number of nitrogens with zero attached hydrogens (tertiary/aromatic N) is 1. The third-order valence-corrected chi connectivity index (χ3v) is 3.82. The van der Waals surface area contributed by atoms with Gasteiger partial charge in [-0.05, 0) is 24.8 Å². The molecule has 0 radical (unpaired) electrons. The predicted molar refractivity (Wildman–Crippen MR) is 73.1 cm³/mol. The molecule has 0 heterocycles. The summed E-state index contributed by atoms with van der Waals surface area (Å²) in [4.78, 5) is 9.82. The van der Waals surface area contributed by atoms with Gasteiger partial charge in [-0.2, -0.15) is 13.2 Å². The van der Waals surface area contributed by atoms with Crippen LogP contribution in [0.4, 0.5) is 24.5 Å². The molecule has 4 nitrogen and oxygen atoms in total. The molecule has 116 valence electrons. The molecule has 1 aromatic carbocycles. The van der Waals surface area contributed by atoms with Crippen LogP contribution in [0.3, 0.4) is 0 Å². The van der Waals surface area contributed by atoms with Crippen molar-refractivity contribution in [3.63, 3.8) is 0 Å². The van der Waals surface area contributed by atoms with Crippen LogP contribution in [0.1, 0.15) is 38.2 Å². The lowest BCUT2D eigenvalue weighted by Gasteiger charge is -2.29. The van der Waals surface area contributed by atoms with E-state index >= 15 is 0 Å². The lowest BCUT2D eigenvalue weighted by Crippen LogP contribution is -2.27. The highest BCUT2D eigenvalue weighted by Crippen LogP contribution is 2.38. The largest absolute Gasteiger partial charge is 0.418 e. The van der Waals surface area contributed by atoms with E-state index in [-0.39, 0.29) is 11.7 Å². The van der Waals surface area contributed by atoms with Gasteiger partial charge in [0.25, 0.3) is 5.69 Å². The van der Waals surface area contributed by atoms with Crippen molar-refractivity contribution in [2.75, 3.05) is 5.32 Å². The molecule has 0 spiro atoms. The van der Waals surface area contributed by atoms with Crippen LogP contribution in [-0.4, -0.2) is 11.0 Å². The highest BCUT2D eigenvalue weighted by molar-refractivity contribution is 5.58. The summed E-state index contributed by atoms with van der Waals surface area (Å²) in [6.45, 7) is 2.08. The maximum absolute atomic E-state index is 13.1. The molecule has 2 rings (SSSR count). The first-order chi connectivity index (χ1) is 9.77. The van der Waals surface area contributed by atoms with Crippen molar-refractivity contribution in [3.05, 3.63) is 33.9 Å². The van der Waals surface area contributed by atoms with E-state index in [1.165, 1.54) is 0 Å². The second-order valence-corrected chi connectivity index (χ2v) is 5.60. The van der Waals surface area contributed by atoms with Gasteiger partial charge in [0.2, 0.25) is 0 Å². The number of anilines is 1. The van der Waals surface area contributed by atoms with E-state index in [0.29, 0.717) is 12.0 Å². The van der Waals surface area contributed by atoms with Crippen molar-refractivity contribution < 1.29 is 18.1 Å². The fraction of sp³-hybridized carbons (Fsp3) is 0.571. The molecule has 0 amide bonds. The highest BCUT2D eigenvalue weighted by Gasteiger charge is 2.36. The predicted octanol–water partition coefficient (Wildman–Crippen LogP) is 4.60. The number of rotatable bonds is 3. The van der Waals surface area contributed by atoms with Gasteiger partial charge in [0.15, 0.2) is 0 Å². The normalized spacial score (nSPS) is 22.9. The van der Waals surface area contributed by atoms with Crippen LogP contribution in [0.5, 0.6) is 0 Å². The zero-order chi connectivity index (χ0) is 15.6. The lowest BCUT2D eigenvalue weighted by atomic mass is 9.87. The summed E-state index contributed by atoms with van der Waals surface area (Å²) < 4.78 is 39.2. The standard InChI is InChI=1S/C14H17F3N2O2/c1-9-3-2-4-10(7-9)18-13-6-5-11(19(20)21)8-12(13)14(15,16)17/h5-6,8-10,18H,2-4,7H2,1H3. The third-order valence-electron chi connectivity index (χ3n) is 3.82. The van der Waals surface area contributed by atoms with Gasteiger partial charge in [0.05, 0.1) is 10.5 Å². The van der Waals surface area contributed by atoms with Crippen LogP contribution >= 0.6 is 0 Å². The molecule has 1 N–H and O–H groups in total. The fourth-order valence-electron chi connectivity index (χ4n) is 2.79.